The third-order valence-corrected chi connectivity index (χ3v) is 5.32. The van der Waals surface area contributed by atoms with Gasteiger partial charge in [0.2, 0.25) is 0 Å². The van der Waals surface area contributed by atoms with Crippen LogP contribution in [0.5, 0.6) is 0 Å². The largest absolute Gasteiger partial charge is 0.452 e. The molecule has 0 aliphatic rings. The standard InChI is InChI=1S/C17H17NO5S2/c1-12-9-10-24-14(12)7-8-17(20)23-11-16(19)18-13-5-3-4-6-15(13)25(2,21)22/h3-10H,11H2,1-2H3,(H,18,19)/b8-7+. The third-order valence-electron chi connectivity index (χ3n) is 3.18. The number of para-hydroxylation sites is 1. The highest BCUT2D eigenvalue weighted by Gasteiger charge is 2.15. The van der Waals surface area contributed by atoms with E-state index in [0.29, 0.717) is 0 Å². The third kappa shape index (κ3) is 5.54. The van der Waals surface area contributed by atoms with Gasteiger partial charge in [-0.3, -0.25) is 4.79 Å². The first-order chi connectivity index (χ1) is 11.8. The van der Waals surface area contributed by atoms with E-state index in [2.05, 4.69) is 5.32 Å². The van der Waals surface area contributed by atoms with Gasteiger partial charge in [-0.25, -0.2) is 13.2 Å². The van der Waals surface area contributed by atoms with E-state index in [9.17, 15) is 18.0 Å². The van der Waals surface area contributed by atoms with Crippen LogP contribution in [0.25, 0.3) is 6.08 Å². The molecule has 1 amide bonds. The van der Waals surface area contributed by atoms with Gasteiger partial charge in [0.25, 0.3) is 5.91 Å². The van der Waals surface area contributed by atoms with E-state index >= 15 is 0 Å². The van der Waals surface area contributed by atoms with E-state index in [4.69, 9.17) is 4.74 Å². The summed E-state index contributed by atoms with van der Waals surface area (Å²) in [7, 11) is -3.48. The van der Waals surface area contributed by atoms with Gasteiger partial charge in [-0.2, -0.15) is 0 Å². The minimum absolute atomic E-state index is 0.00254. The average molecular weight is 379 g/mol. The van der Waals surface area contributed by atoms with Gasteiger partial charge in [0.15, 0.2) is 16.4 Å². The molecule has 8 heteroatoms. The van der Waals surface area contributed by atoms with Crippen molar-refractivity contribution in [2.45, 2.75) is 11.8 Å². The second kappa shape index (κ2) is 8.09. The van der Waals surface area contributed by atoms with E-state index in [1.807, 2.05) is 18.4 Å². The van der Waals surface area contributed by atoms with Crippen LogP contribution in [0, 0.1) is 6.92 Å². The maximum Gasteiger partial charge on any atom is 0.331 e. The number of sulfone groups is 1. The fourth-order valence-electron chi connectivity index (χ4n) is 1.96. The van der Waals surface area contributed by atoms with Gasteiger partial charge in [0.1, 0.15) is 0 Å². The molecule has 0 bridgehead atoms. The highest BCUT2D eigenvalue weighted by Crippen LogP contribution is 2.20. The number of thiophene rings is 1. The molecule has 0 aliphatic heterocycles. The smallest absolute Gasteiger partial charge is 0.331 e. The number of hydrogen-bond acceptors (Lipinski definition) is 6. The first-order valence-corrected chi connectivity index (χ1v) is 10.0. The molecule has 0 aliphatic carbocycles. The molecule has 0 fully saturated rings. The minimum atomic E-state index is -3.48. The molecule has 0 saturated heterocycles. The van der Waals surface area contributed by atoms with Crippen molar-refractivity contribution in [1.29, 1.82) is 0 Å². The highest BCUT2D eigenvalue weighted by molar-refractivity contribution is 7.90. The maximum atomic E-state index is 11.9. The molecule has 6 nitrogen and oxygen atoms in total. The summed E-state index contributed by atoms with van der Waals surface area (Å²) in [6, 6.07) is 7.95. The van der Waals surface area contributed by atoms with Gasteiger partial charge in [0, 0.05) is 17.2 Å². The van der Waals surface area contributed by atoms with Gasteiger partial charge in [-0.1, -0.05) is 12.1 Å². The fraction of sp³-hybridized carbons (Fsp3) is 0.176. The monoisotopic (exact) mass is 379 g/mol. The number of benzene rings is 1. The highest BCUT2D eigenvalue weighted by atomic mass is 32.2. The first-order valence-electron chi connectivity index (χ1n) is 7.25. The molecule has 25 heavy (non-hydrogen) atoms. The van der Waals surface area contributed by atoms with E-state index in [0.717, 1.165) is 16.7 Å². The van der Waals surface area contributed by atoms with Crippen LogP contribution >= 0.6 is 11.3 Å². The van der Waals surface area contributed by atoms with Gasteiger partial charge in [-0.05, 0) is 42.1 Å². The average Bonchev–Trinajstić information content (AvgIpc) is 2.95. The van der Waals surface area contributed by atoms with Gasteiger partial charge >= 0.3 is 5.97 Å². The summed E-state index contributed by atoms with van der Waals surface area (Å²) in [5, 5.41) is 4.34. The second-order valence-corrected chi connectivity index (χ2v) is 8.16. The molecule has 0 saturated carbocycles. The SMILES string of the molecule is Cc1ccsc1/C=C/C(=O)OCC(=O)Nc1ccccc1S(C)(=O)=O. The summed E-state index contributed by atoms with van der Waals surface area (Å²) >= 11 is 1.49. The summed E-state index contributed by atoms with van der Waals surface area (Å²) in [5.74, 6) is -1.27. The zero-order valence-corrected chi connectivity index (χ0v) is 15.3. The Bertz CT molecular complexity index is 913. The number of aryl methyl sites for hydroxylation is 1. The lowest BCUT2D eigenvalue weighted by atomic mass is 10.3. The van der Waals surface area contributed by atoms with Crippen LogP contribution in [0.4, 0.5) is 5.69 Å². The number of rotatable bonds is 6. The van der Waals surface area contributed by atoms with Crippen molar-refractivity contribution in [2.24, 2.45) is 0 Å². The molecular weight excluding hydrogens is 362 g/mol. The summed E-state index contributed by atoms with van der Waals surface area (Å²) in [5.41, 5.74) is 1.19. The number of carbonyl (C=O) groups is 2. The van der Waals surface area contributed by atoms with Crippen molar-refractivity contribution in [3.8, 4) is 0 Å². The van der Waals surface area contributed by atoms with Crippen LogP contribution in [-0.4, -0.2) is 33.2 Å². The van der Waals surface area contributed by atoms with Crippen molar-refractivity contribution in [1.82, 2.24) is 0 Å². The van der Waals surface area contributed by atoms with Crippen LogP contribution in [0.3, 0.4) is 0 Å². The lowest BCUT2D eigenvalue weighted by molar-refractivity contribution is -0.142. The Hall–Kier alpha value is -2.45. The number of nitrogens with one attached hydrogen (secondary N) is 1. The topological polar surface area (TPSA) is 89.5 Å². The zero-order valence-electron chi connectivity index (χ0n) is 13.7. The maximum absolute atomic E-state index is 11.9. The van der Waals surface area contributed by atoms with E-state index in [-0.39, 0.29) is 10.6 Å². The molecule has 132 valence electrons. The summed E-state index contributed by atoms with van der Waals surface area (Å²) in [4.78, 5) is 24.5. The van der Waals surface area contributed by atoms with Crippen LogP contribution in [-0.2, 0) is 24.2 Å². The molecule has 0 radical (unpaired) electrons. The number of esters is 1. The summed E-state index contributed by atoms with van der Waals surface area (Å²) in [6.45, 7) is 1.42. The van der Waals surface area contributed by atoms with E-state index < -0.39 is 28.3 Å². The van der Waals surface area contributed by atoms with Crippen molar-refractivity contribution < 1.29 is 22.7 Å². The van der Waals surface area contributed by atoms with Crippen molar-refractivity contribution in [2.75, 3.05) is 18.2 Å². The zero-order chi connectivity index (χ0) is 18.4. The van der Waals surface area contributed by atoms with Crippen LogP contribution < -0.4 is 5.32 Å². The Morgan fingerprint density at radius 2 is 1.96 bits per heavy atom. The van der Waals surface area contributed by atoms with Crippen molar-refractivity contribution >= 4 is 44.8 Å². The Labute approximate surface area is 150 Å². The number of anilines is 1. The Morgan fingerprint density at radius 3 is 2.60 bits per heavy atom. The minimum Gasteiger partial charge on any atom is -0.452 e. The molecule has 0 spiro atoms. The first kappa shape index (κ1) is 18.9. The van der Waals surface area contributed by atoms with Crippen molar-refractivity contribution in [3.05, 3.63) is 52.2 Å². The van der Waals surface area contributed by atoms with E-state index in [1.54, 1.807) is 18.2 Å². The number of amides is 1. The van der Waals surface area contributed by atoms with Crippen molar-refractivity contribution in [3.63, 3.8) is 0 Å². The Morgan fingerprint density at radius 1 is 1.24 bits per heavy atom. The molecule has 0 atom stereocenters. The molecule has 2 rings (SSSR count). The number of carbonyl (C=O) groups excluding carboxylic acids is 2. The summed E-state index contributed by atoms with van der Waals surface area (Å²) < 4.78 is 28.2. The quantitative estimate of drug-likeness (QED) is 0.616. The lowest BCUT2D eigenvalue weighted by Crippen LogP contribution is -2.21. The number of ether oxygens (including phenoxy) is 1. The van der Waals surface area contributed by atoms with Gasteiger partial charge < -0.3 is 10.1 Å². The molecule has 1 aromatic carbocycles. The van der Waals surface area contributed by atoms with Crippen LogP contribution in [0.2, 0.25) is 0 Å². The Balaban J connectivity index is 1.92. The lowest BCUT2D eigenvalue weighted by Gasteiger charge is -2.09. The molecular formula is C17H17NO5S2. The van der Waals surface area contributed by atoms with Crippen LogP contribution in [0.1, 0.15) is 10.4 Å². The second-order valence-electron chi connectivity index (χ2n) is 5.23. The van der Waals surface area contributed by atoms with E-state index in [1.165, 1.54) is 29.5 Å². The van der Waals surface area contributed by atoms with Crippen LogP contribution in [0.15, 0.2) is 46.7 Å². The molecule has 1 aromatic heterocycles. The molecule has 1 heterocycles. The van der Waals surface area contributed by atoms with Gasteiger partial charge in [-0.15, -0.1) is 11.3 Å². The molecule has 2 aromatic rings. The molecule has 0 unspecified atom stereocenters. The predicted molar refractivity (Wildman–Crippen MR) is 97.2 cm³/mol. The Kier molecular flexibility index (Phi) is 6.11. The summed E-state index contributed by atoms with van der Waals surface area (Å²) in [6.07, 6.45) is 3.92. The predicted octanol–water partition coefficient (Wildman–Crippen LogP) is 2.66. The van der Waals surface area contributed by atoms with Gasteiger partial charge in [0.05, 0.1) is 10.6 Å². The number of hydrogen-bond donors (Lipinski definition) is 1. The molecule has 1 N–H and O–H groups in total. The normalized spacial score (nSPS) is 11.4. The fourth-order valence-corrected chi connectivity index (χ4v) is 3.63.